The minimum absolute atomic E-state index is 0.271. The van der Waals surface area contributed by atoms with E-state index >= 15 is 0 Å². The molecule has 3 N–H and O–H groups in total. The molecule has 0 amide bonds. The van der Waals surface area contributed by atoms with E-state index < -0.39 is 11.6 Å². The van der Waals surface area contributed by atoms with Crippen molar-refractivity contribution in [2.45, 2.75) is 25.4 Å². The van der Waals surface area contributed by atoms with E-state index in [0.717, 1.165) is 52.9 Å². The highest BCUT2D eigenvalue weighted by Crippen LogP contribution is 2.38. The van der Waals surface area contributed by atoms with Gasteiger partial charge in [-0.1, -0.05) is 6.07 Å². The van der Waals surface area contributed by atoms with Crippen molar-refractivity contribution in [3.05, 3.63) is 66.1 Å². The van der Waals surface area contributed by atoms with Crippen molar-refractivity contribution < 1.29 is 8.78 Å². The lowest BCUT2D eigenvalue weighted by Crippen LogP contribution is -2.06. The average molecular weight is 445 g/mol. The van der Waals surface area contributed by atoms with Gasteiger partial charge in [-0.15, -0.1) is 0 Å². The van der Waals surface area contributed by atoms with Crippen LogP contribution < -0.4 is 10.6 Å². The molecule has 0 radical (unpaired) electrons. The lowest BCUT2D eigenvalue weighted by atomic mass is 10.1. The molecule has 0 unspecified atom stereocenters. The first-order chi connectivity index (χ1) is 16.1. The topological polar surface area (TPSA) is 82.9 Å². The molecule has 166 valence electrons. The minimum Gasteiger partial charge on any atom is -0.378 e. The van der Waals surface area contributed by atoms with Gasteiger partial charge in [0.25, 0.3) is 0 Å². The number of rotatable bonds is 6. The summed E-state index contributed by atoms with van der Waals surface area (Å²) in [5.74, 6) is -0.629. The van der Waals surface area contributed by atoms with Crippen molar-refractivity contribution in [1.82, 2.24) is 19.7 Å². The van der Waals surface area contributed by atoms with Gasteiger partial charge in [-0.2, -0.15) is 5.10 Å². The smallest absolute Gasteiger partial charge is 0.128 e. The van der Waals surface area contributed by atoms with Gasteiger partial charge in [0.2, 0.25) is 0 Å². The number of halogens is 2. The Morgan fingerprint density at radius 2 is 1.91 bits per heavy atom. The number of aliphatic imine (C=N–C) groups is 1. The van der Waals surface area contributed by atoms with Gasteiger partial charge < -0.3 is 15.6 Å². The Kier molecular flexibility index (Phi) is 4.67. The SMILES string of the molecule is Fc1cc(F)cc(NCc2nc(-c3ccc4c(c3)NCC=N4)c(-c3ccn(C4CC4)n3)[nH]2)c1. The highest BCUT2D eigenvalue weighted by atomic mass is 19.1. The number of aromatic nitrogens is 4. The number of aromatic amines is 1. The summed E-state index contributed by atoms with van der Waals surface area (Å²) in [5.41, 5.74) is 5.47. The molecule has 2 aromatic carbocycles. The van der Waals surface area contributed by atoms with Crippen LogP contribution >= 0.6 is 0 Å². The zero-order valence-corrected chi connectivity index (χ0v) is 17.6. The Morgan fingerprint density at radius 3 is 2.73 bits per heavy atom. The second-order valence-corrected chi connectivity index (χ2v) is 8.26. The lowest BCUT2D eigenvalue weighted by molar-refractivity contribution is 0.584. The first-order valence-corrected chi connectivity index (χ1v) is 10.9. The Labute approximate surface area is 188 Å². The van der Waals surface area contributed by atoms with Crippen LogP contribution in [0.25, 0.3) is 22.6 Å². The third-order valence-electron chi connectivity index (χ3n) is 5.75. The standard InChI is InChI=1S/C24H21F2N7/c25-15-10-16(26)12-17(11-15)29-13-22-30-23(14-1-4-19-21(9-14)28-7-6-27-19)24(31-22)20-5-8-33(32-20)18-2-3-18/h1,4-6,8-12,18,28-29H,2-3,7,13H2,(H,30,31). The summed E-state index contributed by atoms with van der Waals surface area (Å²) in [6, 6.07) is 11.8. The predicted octanol–water partition coefficient (Wildman–Crippen LogP) is 5.29. The molecule has 33 heavy (non-hydrogen) atoms. The summed E-state index contributed by atoms with van der Waals surface area (Å²) < 4.78 is 29.1. The van der Waals surface area contributed by atoms with Gasteiger partial charge in [-0.05, 0) is 43.2 Å². The maximum Gasteiger partial charge on any atom is 0.128 e. The molecule has 2 aliphatic rings. The molecule has 0 saturated heterocycles. The molecule has 1 aliphatic carbocycles. The lowest BCUT2D eigenvalue weighted by Gasteiger charge is -2.13. The van der Waals surface area contributed by atoms with E-state index in [2.05, 4.69) is 20.6 Å². The summed E-state index contributed by atoms with van der Waals surface area (Å²) >= 11 is 0. The van der Waals surface area contributed by atoms with E-state index in [0.29, 0.717) is 24.1 Å². The number of benzene rings is 2. The average Bonchev–Trinajstić information content (AvgIpc) is 3.38. The molecular formula is C24H21F2N7. The number of hydrogen-bond donors (Lipinski definition) is 3. The normalized spacial score (nSPS) is 14.7. The maximum atomic E-state index is 13.5. The molecule has 4 aromatic rings. The Balaban J connectivity index is 1.36. The minimum atomic E-state index is -0.631. The van der Waals surface area contributed by atoms with Crippen molar-refractivity contribution in [3.63, 3.8) is 0 Å². The van der Waals surface area contributed by atoms with Crippen LogP contribution in [0.5, 0.6) is 0 Å². The third-order valence-corrected chi connectivity index (χ3v) is 5.75. The highest BCUT2D eigenvalue weighted by molar-refractivity contribution is 5.86. The monoisotopic (exact) mass is 445 g/mol. The number of imidazole rings is 1. The van der Waals surface area contributed by atoms with Crippen LogP contribution in [-0.2, 0) is 6.54 Å². The second kappa shape index (κ2) is 7.84. The summed E-state index contributed by atoms with van der Waals surface area (Å²) in [6.45, 7) is 0.946. The molecule has 0 spiro atoms. The van der Waals surface area contributed by atoms with E-state index in [4.69, 9.17) is 10.1 Å². The number of anilines is 2. The third kappa shape index (κ3) is 3.97. The largest absolute Gasteiger partial charge is 0.378 e. The summed E-state index contributed by atoms with van der Waals surface area (Å²) in [7, 11) is 0. The van der Waals surface area contributed by atoms with E-state index in [9.17, 15) is 8.78 Å². The number of hydrogen-bond acceptors (Lipinski definition) is 5. The molecule has 3 heterocycles. The number of nitrogens with one attached hydrogen (secondary N) is 3. The van der Waals surface area contributed by atoms with Crippen LogP contribution in [0.15, 0.2) is 53.7 Å². The quantitative estimate of drug-likeness (QED) is 0.376. The number of nitrogens with zero attached hydrogens (tertiary/aromatic N) is 4. The predicted molar refractivity (Wildman–Crippen MR) is 124 cm³/mol. The fourth-order valence-corrected chi connectivity index (χ4v) is 3.99. The first-order valence-electron chi connectivity index (χ1n) is 10.9. The van der Waals surface area contributed by atoms with Gasteiger partial charge in [0, 0.05) is 29.7 Å². The van der Waals surface area contributed by atoms with Crippen LogP contribution in [0, 0.1) is 11.6 Å². The van der Waals surface area contributed by atoms with Crippen LogP contribution in [0.2, 0.25) is 0 Å². The van der Waals surface area contributed by atoms with Gasteiger partial charge in [0.15, 0.2) is 0 Å². The first kappa shape index (κ1) is 19.7. The van der Waals surface area contributed by atoms with Crippen molar-refractivity contribution in [2.75, 3.05) is 17.2 Å². The van der Waals surface area contributed by atoms with Gasteiger partial charge in [0.05, 0.1) is 41.9 Å². The van der Waals surface area contributed by atoms with Gasteiger partial charge in [-0.25, -0.2) is 13.8 Å². The zero-order chi connectivity index (χ0) is 22.4. The molecular weight excluding hydrogens is 424 g/mol. The van der Waals surface area contributed by atoms with Crippen LogP contribution in [0.1, 0.15) is 24.7 Å². The van der Waals surface area contributed by atoms with E-state index in [1.165, 1.54) is 12.1 Å². The van der Waals surface area contributed by atoms with Crippen molar-refractivity contribution in [2.24, 2.45) is 4.99 Å². The van der Waals surface area contributed by atoms with Gasteiger partial charge in [-0.3, -0.25) is 9.67 Å². The van der Waals surface area contributed by atoms with E-state index in [1.807, 2.05) is 41.4 Å². The zero-order valence-electron chi connectivity index (χ0n) is 17.6. The molecule has 6 rings (SSSR count). The summed E-state index contributed by atoms with van der Waals surface area (Å²) in [6.07, 6.45) is 6.13. The molecule has 0 atom stereocenters. The van der Waals surface area contributed by atoms with Crippen molar-refractivity contribution >= 4 is 23.3 Å². The van der Waals surface area contributed by atoms with Gasteiger partial charge >= 0.3 is 0 Å². The Bertz CT molecular complexity index is 1350. The Hall–Kier alpha value is -4.01. The second-order valence-electron chi connectivity index (χ2n) is 8.26. The molecule has 1 saturated carbocycles. The maximum absolute atomic E-state index is 13.5. The molecule has 7 nitrogen and oxygen atoms in total. The van der Waals surface area contributed by atoms with E-state index in [-0.39, 0.29) is 6.54 Å². The van der Waals surface area contributed by atoms with Crippen LogP contribution in [0.4, 0.5) is 25.8 Å². The molecule has 9 heteroatoms. The highest BCUT2D eigenvalue weighted by Gasteiger charge is 2.25. The molecule has 2 aromatic heterocycles. The molecule has 0 bridgehead atoms. The Morgan fingerprint density at radius 1 is 1.06 bits per heavy atom. The fourth-order valence-electron chi connectivity index (χ4n) is 3.99. The van der Waals surface area contributed by atoms with Crippen molar-refractivity contribution in [3.8, 4) is 22.6 Å². The van der Waals surface area contributed by atoms with Gasteiger partial charge in [0.1, 0.15) is 23.2 Å². The fraction of sp³-hybridized carbons (Fsp3) is 0.208. The number of H-pyrrole nitrogens is 1. The number of fused-ring (bicyclic) bond motifs is 1. The molecule has 1 aliphatic heterocycles. The van der Waals surface area contributed by atoms with Crippen LogP contribution in [0.3, 0.4) is 0 Å². The summed E-state index contributed by atoms with van der Waals surface area (Å²) in [5, 5.41) is 11.1. The molecule has 1 fully saturated rings. The summed E-state index contributed by atoms with van der Waals surface area (Å²) in [4.78, 5) is 12.6. The van der Waals surface area contributed by atoms with Crippen molar-refractivity contribution in [1.29, 1.82) is 0 Å². The van der Waals surface area contributed by atoms with Crippen LogP contribution in [-0.4, -0.2) is 32.5 Å². The van der Waals surface area contributed by atoms with E-state index in [1.54, 1.807) is 0 Å².